The number of hydrogen-bond donors (Lipinski definition) is 2. The van der Waals surface area contributed by atoms with Crippen LogP contribution in [-0.2, 0) is 0 Å². The molecule has 0 fully saturated rings. The van der Waals surface area contributed by atoms with E-state index in [1.807, 2.05) is 66.4 Å². The van der Waals surface area contributed by atoms with Gasteiger partial charge in [-0.2, -0.15) is 0 Å². The van der Waals surface area contributed by atoms with E-state index in [9.17, 15) is 0 Å². The number of fused-ring (bicyclic) bond motifs is 1. The van der Waals surface area contributed by atoms with Crippen molar-refractivity contribution in [1.29, 1.82) is 5.41 Å². The summed E-state index contributed by atoms with van der Waals surface area (Å²) in [6, 6.07) is 17.4. The number of amidine groups is 1. The smallest absolute Gasteiger partial charge is 0.205 e. The molecular formula is C21H21N3O3. The van der Waals surface area contributed by atoms with Crippen molar-refractivity contribution in [1.82, 2.24) is 0 Å². The summed E-state index contributed by atoms with van der Waals surface area (Å²) in [4.78, 5) is 1.94. The second-order valence-corrected chi connectivity index (χ2v) is 6.34. The van der Waals surface area contributed by atoms with Crippen LogP contribution in [0.25, 0.3) is 0 Å². The maximum Gasteiger partial charge on any atom is 0.205 e. The van der Waals surface area contributed by atoms with E-state index < -0.39 is 0 Å². The maximum atomic E-state index is 8.81. The fourth-order valence-corrected chi connectivity index (χ4v) is 3.28. The minimum atomic E-state index is -0.283. The van der Waals surface area contributed by atoms with Crippen molar-refractivity contribution in [3.8, 4) is 11.5 Å². The number of furan rings is 1. The topological polar surface area (TPSA) is 70.7 Å². The van der Waals surface area contributed by atoms with Crippen molar-refractivity contribution in [2.24, 2.45) is 0 Å². The highest BCUT2D eigenvalue weighted by Gasteiger charge is 2.34. The van der Waals surface area contributed by atoms with Crippen LogP contribution in [0.4, 0.5) is 11.6 Å². The molecule has 0 saturated heterocycles. The van der Waals surface area contributed by atoms with Gasteiger partial charge in [-0.05, 0) is 55.0 Å². The number of aryl methyl sites for hydroxylation is 1. The zero-order chi connectivity index (χ0) is 19.0. The fourth-order valence-electron chi connectivity index (χ4n) is 3.28. The molecule has 1 aromatic heterocycles. The molecule has 0 aliphatic carbocycles. The van der Waals surface area contributed by atoms with Gasteiger partial charge in [-0.25, -0.2) is 0 Å². The van der Waals surface area contributed by atoms with Crippen LogP contribution < -0.4 is 19.7 Å². The lowest BCUT2D eigenvalue weighted by molar-refractivity contribution is 0.414. The van der Waals surface area contributed by atoms with Crippen LogP contribution in [-0.4, -0.2) is 20.1 Å². The largest absolute Gasteiger partial charge is 0.497 e. The Hall–Kier alpha value is -3.41. The first-order valence-electron chi connectivity index (χ1n) is 8.64. The standard InChI is InChI=1S/C21H21N3O3/c1-13-12-18-19(22)24(15-6-10-17(26-3)11-7-15)20(23-21(18)27-13)14-4-8-16(25-2)9-5-14/h4-12,20,22-23H,1-3H3. The number of methoxy groups -OCH3 is 2. The second kappa shape index (κ2) is 6.72. The highest BCUT2D eigenvalue weighted by Crippen LogP contribution is 2.38. The van der Waals surface area contributed by atoms with E-state index in [-0.39, 0.29) is 6.17 Å². The Balaban J connectivity index is 1.80. The molecule has 3 aromatic rings. The van der Waals surface area contributed by atoms with E-state index in [2.05, 4.69) is 5.32 Å². The Kier molecular flexibility index (Phi) is 4.24. The molecule has 0 radical (unpaired) electrons. The number of nitrogens with zero attached hydrogens (tertiary/aromatic N) is 1. The normalized spacial score (nSPS) is 15.9. The molecule has 6 heteroatoms. The van der Waals surface area contributed by atoms with Crippen molar-refractivity contribution in [3.05, 3.63) is 71.5 Å². The van der Waals surface area contributed by atoms with Crippen molar-refractivity contribution < 1.29 is 13.9 Å². The predicted molar refractivity (Wildman–Crippen MR) is 105 cm³/mol. The van der Waals surface area contributed by atoms with Gasteiger partial charge >= 0.3 is 0 Å². The Bertz CT molecular complexity index is 961. The fraction of sp³-hybridized carbons (Fsp3) is 0.190. The third kappa shape index (κ3) is 2.99. The first kappa shape index (κ1) is 17.0. The van der Waals surface area contributed by atoms with Crippen LogP contribution in [0.3, 0.4) is 0 Å². The van der Waals surface area contributed by atoms with Crippen LogP contribution in [0.5, 0.6) is 11.5 Å². The molecule has 0 bridgehead atoms. The number of anilines is 2. The van der Waals surface area contributed by atoms with E-state index >= 15 is 0 Å². The average Bonchev–Trinajstić information content (AvgIpc) is 3.09. The van der Waals surface area contributed by atoms with Crippen LogP contribution in [0.15, 0.2) is 59.0 Å². The zero-order valence-corrected chi connectivity index (χ0v) is 15.4. The first-order chi connectivity index (χ1) is 13.1. The Labute approximate surface area is 157 Å². The molecule has 2 N–H and O–H groups in total. The SMILES string of the molecule is COc1ccc(C2Nc3oc(C)cc3C(=N)N2c2ccc(OC)cc2)cc1. The van der Waals surface area contributed by atoms with Gasteiger partial charge < -0.3 is 24.1 Å². The molecule has 6 nitrogen and oxygen atoms in total. The number of rotatable bonds is 4. The summed E-state index contributed by atoms with van der Waals surface area (Å²) in [7, 11) is 3.28. The monoisotopic (exact) mass is 363 g/mol. The van der Waals surface area contributed by atoms with Gasteiger partial charge in [0.2, 0.25) is 5.88 Å². The third-order valence-electron chi connectivity index (χ3n) is 4.66. The third-order valence-corrected chi connectivity index (χ3v) is 4.66. The molecule has 4 rings (SSSR count). The lowest BCUT2D eigenvalue weighted by Crippen LogP contribution is -2.42. The molecule has 0 saturated carbocycles. The molecule has 1 aliphatic heterocycles. The molecule has 0 spiro atoms. The Morgan fingerprint density at radius 1 is 0.963 bits per heavy atom. The van der Waals surface area contributed by atoms with E-state index in [4.69, 9.17) is 19.3 Å². The van der Waals surface area contributed by atoms with Crippen molar-refractivity contribution in [2.75, 3.05) is 24.4 Å². The summed E-state index contributed by atoms with van der Waals surface area (Å²) < 4.78 is 16.3. The van der Waals surface area contributed by atoms with Crippen molar-refractivity contribution in [3.63, 3.8) is 0 Å². The molecule has 1 atom stereocenters. The zero-order valence-electron chi connectivity index (χ0n) is 15.4. The van der Waals surface area contributed by atoms with E-state index in [0.717, 1.165) is 34.1 Å². The highest BCUT2D eigenvalue weighted by atomic mass is 16.5. The van der Waals surface area contributed by atoms with Gasteiger partial charge in [0.15, 0.2) is 0 Å². The van der Waals surface area contributed by atoms with Gasteiger partial charge in [-0.15, -0.1) is 0 Å². The van der Waals surface area contributed by atoms with Gasteiger partial charge in [-0.1, -0.05) is 12.1 Å². The van der Waals surface area contributed by atoms with E-state index in [0.29, 0.717) is 11.7 Å². The number of benzene rings is 2. The summed E-state index contributed by atoms with van der Waals surface area (Å²) in [6.07, 6.45) is -0.283. The average molecular weight is 363 g/mol. The van der Waals surface area contributed by atoms with Crippen molar-refractivity contribution in [2.45, 2.75) is 13.1 Å². The quantitative estimate of drug-likeness (QED) is 0.711. The van der Waals surface area contributed by atoms with Crippen molar-refractivity contribution >= 4 is 17.4 Å². The molecule has 138 valence electrons. The summed E-state index contributed by atoms with van der Waals surface area (Å²) >= 11 is 0. The van der Waals surface area contributed by atoms with Gasteiger partial charge in [0, 0.05) is 5.69 Å². The summed E-state index contributed by atoms with van der Waals surface area (Å²) in [5.41, 5.74) is 2.63. The summed E-state index contributed by atoms with van der Waals surface area (Å²) in [5.74, 6) is 3.32. The Morgan fingerprint density at radius 3 is 2.15 bits per heavy atom. The number of hydrogen-bond acceptors (Lipinski definition) is 5. The summed E-state index contributed by atoms with van der Waals surface area (Å²) in [5, 5.41) is 12.2. The van der Waals surface area contributed by atoms with Crippen LogP contribution in [0, 0.1) is 12.3 Å². The molecule has 1 unspecified atom stereocenters. The first-order valence-corrected chi connectivity index (χ1v) is 8.64. The number of ether oxygens (including phenoxy) is 2. The van der Waals surface area contributed by atoms with Crippen LogP contribution in [0.2, 0.25) is 0 Å². The van der Waals surface area contributed by atoms with Gasteiger partial charge in [0.1, 0.15) is 29.3 Å². The van der Waals surface area contributed by atoms with Gasteiger partial charge in [0.05, 0.1) is 19.8 Å². The molecule has 27 heavy (non-hydrogen) atoms. The highest BCUT2D eigenvalue weighted by molar-refractivity contribution is 6.13. The predicted octanol–water partition coefficient (Wildman–Crippen LogP) is 4.56. The molecule has 2 heterocycles. The lowest BCUT2D eigenvalue weighted by atomic mass is 10.1. The molecule has 2 aromatic carbocycles. The maximum absolute atomic E-state index is 8.81. The Morgan fingerprint density at radius 2 is 1.56 bits per heavy atom. The van der Waals surface area contributed by atoms with E-state index in [1.165, 1.54) is 0 Å². The molecule has 1 aliphatic rings. The van der Waals surface area contributed by atoms with Crippen LogP contribution in [0.1, 0.15) is 23.1 Å². The summed E-state index contributed by atoms with van der Waals surface area (Å²) in [6.45, 7) is 1.88. The minimum absolute atomic E-state index is 0.283. The van der Waals surface area contributed by atoms with Gasteiger partial charge in [0.25, 0.3) is 0 Å². The van der Waals surface area contributed by atoms with Crippen LogP contribution >= 0.6 is 0 Å². The number of nitrogens with one attached hydrogen (secondary N) is 2. The van der Waals surface area contributed by atoms with E-state index in [1.54, 1.807) is 14.2 Å². The molecular weight excluding hydrogens is 342 g/mol. The minimum Gasteiger partial charge on any atom is -0.497 e. The second-order valence-electron chi connectivity index (χ2n) is 6.34. The van der Waals surface area contributed by atoms with Gasteiger partial charge in [-0.3, -0.25) is 5.41 Å². The lowest BCUT2D eigenvalue weighted by Gasteiger charge is -2.38. The molecule has 0 amide bonds.